The molecule has 0 unspecified atom stereocenters. The van der Waals surface area contributed by atoms with Gasteiger partial charge in [0.05, 0.1) is 6.61 Å². The largest absolute Gasteiger partial charge is 0.461 e. The molecule has 1 aliphatic heterocycles. The Morgan fingerprint density at radius 1 is 1.14 bits per heavy atom. The van der Waals surface area contributed by atoms with E-state index >= 15 is 0 Å². The van der Waals surface area contributed by atoms with Crippen molar-refractivity contribution in [3.8, 4) is 0 Å². The summed E-state index contributed by atoms with van der Waals surface area (Å²) in [5.41, 5.74) is 0.170. The van der Waals surface area contributed by atoms with Crippen LogP contribution < -0.4 is 5.32 Å². The van der Waals surface area contributed by atoms with E-state index < -0.39 is 22.0 Å². The zero-order valence-electron chi connectivity index (χ0n) is 17.2. The van der Waals surface area contributed by atoms with Crippen LogP contribution in [0.2, 0.25) is 0 Å². The third-order valence-corrected chi connectivity index (χ3v) is 7.65. The minimum atomic E-state index is -3.89. The van der Waals surface area contributed by atoms with Gasteiger partial charge in [0.15, 0.2) is 0 Å². The molecule has 0 spiro atoms. The summed E-state index contributed by atoms with van der Waals surface area (Å²) in [5.74, 6) is -0.778. The molecule has 1 aliphatic carbocycles. The molecule has 2 aliphatic rings. The minimum Gasteiger partial charge on any atom is -0.461 e. The fourth-order valence-electron chi connectivity index (χ4n) is 4.23. The van der Waals surface area contributed by atoms with Crippen LogP contribution in [0.1, 0.15) is 68.8 Å². The highest BCUT2D eigenvalue weighted by molar-refractivity contribution is 7.89. The Labute approximate surface area is 172 Å². The predicted molar refractivity (Wildman–Crippen MR) is 108 cm³/mol. The van der Waals surface area contributed by atoms with Crippen LogP contribution in [0.3, 0.4) is 0 Å². The van der Waals surface area contributed by atoms with Crippen LogP contribution in [-0.4, -0.2) is 54.4 Å². The smallest absolute Gasteiger partial charge is 0.354 e. The summed E-state index contributed by atoms with van der Waals surface area (Å²) in [5, 5.41) is 3.08. The van der Waals surface area contributed by atoms with E-state index in [1.807, 2.05) is 0 Å². The normalized spacial score (nSPS) is 21.7. The van der Waals surface area contributed by atoms with Crippen molar-refractivity contribution in [2.24, 2.45) is 7.05 Å². The number of sulfonamides is 1. The minimum absolute atomic E-state index is 0.0113. The topological polar surface area (TPSA) is 97.7 Å². The van der Waals surface area contributed by atoms with E-state index in [4.69, 9.17) is 4.74 Å². The summed E-state index contributed by atoms with van der Waals surface area (Å²) in [7, 11) is -2.28. The molecule has 3 rings (SSSR count). The Morgan fingerprint density at radius 2 is 1.83 bits per heavy atom. The third kappa shape index (κ3) is 4.83. The lowest BCUT2D eigenvalue weighted by Gasteiger charge is -2.25. The van der Waals surface area contributed by atoms with Crippen molar-refractivity contribution in [3.05, 3.63) is 18.0 Å². The Kier molecular flexibility index (Phi) is 7.00. The van der Waals surface area contributed by atoms with Gasteiger partial charge in [0, 0.05) is 25.8 Å². The van der Waals surface area contributed by atoms with Crippen molar-refractivity contribution in [1.82, 2.24) is 14.2 Å². The van der Waals surface area contributed by atoms with Gasteiger partial charge in [0.25, 0.3) is 0 Å². The van der Waals surface area contributed by atoms with E-state index in [1.165, 1.54) is 34.0 Å². The molecule has 1 aromatic rings. The average molecular weight is 426 g/mol. The highest BCUT2D eigenvalue weighted by atomic mass is 32.2. The highest BCUT2D eigenvalue weighted by Crippen LogP contribution is 2.28. The Balaban J connectivity index is 1.76. The maximum Gasteiger partial charge on any atom is 0.354 e. The number of aromatic nitrogens is 1. The number of hydrogen-bond donors (Lipinski definition) is 1. The van der Waals surface area contributed by atoms with Crippen molar-refractivity contribution in [2.45, 2.75) is 75.3 Å². The summed E-state index contributed by atoms with van der Waals surface area (Å²) in [4.78, 5) is 24.9. The van der Waals surface area contributed by atoms with Crippen molar-refractivity contribution in [1.29, 1.82) is 0 Å². The molecular weight excluding hydrogens is 394 g/mol. The van der Waals surface area contributed by atoms with E-state index in [2.05, 4.69) is 5.32 Å². The van der Waals surface area contributed by atoms with Gasteiger partial charge in [-0.05, 0) is 38.7 Å². The molecule has 2 fully saturated rings. The van der Waals surface area contributed by atoms with Crippen LogP contribution in [0.25, 0.3) is 0 Å². The van der Waals surface area contributed by atoms with E-state index in [1.54, 1.807) is 14.0 Å². The Hall–Kier alpha value is -1.87. The molecule has 1 saturated carbocycles. The molecule has 8 nitrogen and oxygen atoms in total. The summed E-state index contributed by atoms with van der Waals surface area (Å²) >= 11 is 0. The Morgan fingerprint density at radius 3 is 2.48 bits per heavy atom. The lowest BCUT2D eigenvalue weighted by molar-refractivity contribution is -0.125. The number of aryl methyl sites for hydroxylation is 1. The lowest BCUT2D eigenvalue weighted by Crippen LogP contribution is -2.48. The van der Waals surface area contributed by atoms with E-state index in [-0.39, 0.29) is 29.1 Å². The summed E-state index contributed by atoms with van der Waals surface area (Å²) < 4.78 is 34.2. The number of ether oxygens (including phenoxy) is 1. The zero-order valence-corrected chi connectivity index (χ0v) is 18.0. The molecule has 1 atom stereocenters. The molecule has 1 aromatic heterocycles. The molecule has 0 radical (unpaired) electrons. The van der Waals surface area contributed by atoms with Gasteiger partial charge in [0.2, 0.25) is 15.9 Å². The van der Waals surface area contributed by atoms with Gasteiger partial charge >= 0.3 is 5.97 Å². The number of nitrogens with zero attached hydrogens (tertiary/aromatic N) is 2. The van der Waals surface area contributed by atoms with Gasteiger partial charge < -0.3 is 14.6 Å². The second kappa shape index (κ2) is 9.30. The van der Waals surface area contributed by atoms with Crippen molar-refractivity contribution in [2.75, 3.05) is 13.2 Å². The second-order valence-electron chi connectivity index (χ2n) is 7.86. The number of esters is 1. The molecule has 0 bridgehead atoms. The number of carbonyl (C=O) groups is 2. The molecule has 0 aromatic carbocycles. The number of rotatable bonds is 6. The zero-order chi connectivity index (χ0) is 21.0. The van der Waals surface area contributed by atoms with E-state index in [0.29, 0.717) is 19.4 Å². The number of hydrogen-bond acceptors (Lipinski definition) is 5. The van der Waals surface area contributed by atoms with Gasteiger partial charge in [-0.25, -0.2) is 13.2 Å². The fraction of sp³-hybridized carbons (Fsp3) is 0.700. The van der Waals surface area contributed by atoms with E-state index in [0.717, 1.165) is 25.7 Å². The standard InChI is InChI=1S/C20H31N3O5S/c1-3-28-20(25)18-13-16(14-22(18)2)29(26,27)23-12-8-11-17(23)19(24)21-15-9-6-4-5-7-10-15/h13-15,17H,3-12H2,1-2H3,(H,21,24)/t17-/m0/s1. The first kappa shape index (κ1) is 21.8. The first-order valence-electron chi connectivity index (χ1n) is 10.5. The van der Waals surface area contributed by atoms with Crippen molar-refractivity contribution < 1.29 is 22.7 Å². The van der Waals surface area contributed by atoms with Gasteiger partial charge in [0.1, 0.15) is 16.6 Å². The van der Waals surface area contributed by atoms with Crippen molar-refractivity contribution >= 4 is 21.9 Å². The van der Waals surface area contributed by atoms with Crippen LogP contribution in [0.15, 0.2) is 17.2 Å². The van der Waals surface area contributed by atoms with Crippen LogP contribution in [0, 0.1) is 0 Å². The second-order valence-corrected chi connectivity index (χ2v) is 9.75. The fourth-order valence-corrected chi connectivity index (χ4v) is 5.96. The summed E-state index contributed by atoms with van der Waals surface area (Å²) in [6, 6.07) is 0.753. The van der Waals surface area contributed by atoms with Gasteiger partial charge in [-0.3, -0.25) is 4.79 Å². The van der Waals surface area contributed by atoms with Crippen LogP contribution in [0.4, 0.5) is 0 Å². The van der Waals surface area contributed by atoms with Crippen LogP contribution in [-0.2, 0) is 26.6 Å². The number of amides is 1. The maximum atomic E-state index is 13.2. The SMILES string of the molecule is CCOC(=O)c1cc(S(=O)(=O)N2CCC[C@H]2C(=O)NC2CCCCCC2)cn1C. The monoisotopic (exact) mass is 425 g/mol. The molecular formula is C20H31N3O5S. The first-order valence-corrected chi connectivity index (χ1v) is 11.9. The highest BCUT2D eigenvalue weighted by Gasteiger charge is 2.40. The van der Waals surface area contributed by atoms with Gasteiger partial charge in [-0.1, -0.05) is 25.7 Å². The Bertz CT molecular complexity index is 840. The van der Waals surface area contributed by atoms with Gasteiger partial charge in [-0.2, -0.15) is 4.31 Å². The van der Waals surface area contributed by atoms with Crippen LogP contribution >= 0.6 is 0 Å². The summed E-state index contributed by atoms with van der Waals surface area (Å²) in [6.07, 6.45) is 9.02. The molecule has 9 heteroatoms. The molecule has 1 amide bonds. The molecule has 1 saturated heterocycles. The molecule has 162 valence electrons. The lowest BCUT2D eigenvalue weighted by atomic mass is 10.1. The molecule has 1 N–H and O–H groups in total. The maximum absolute atomic E-state index is 13.2. The summed E-state index contributed by atoms with van der Waals surface area (Å²) in [6.45, 7) is 2.20. The number of carbonyl (C=O) groups excluding carboxylic acids is 2. The quantitative estimate of drug-likeness (QED) is 0.557. The predicted octanol–water partition coefficient (Wildman–Crippen LogP) is 2.19. The third-order valence-electron chi connectivity index (χ3n) is 5.78. The van der Waals surface area contributed by atoms with E-state index in [9.17, 15) is 18.0 Å². The average Bonchev–Trinajstić information content (AvgIpc) is 3.25. The molecule has 2 heterocycles. The number of nitrogens with one attached hydrogen (secondary N) is 1. The molecule has 29 heavy (non-hydrogen) atoms. The first-order chi connectivity index (χ1) is 13.8. The van der Waals surface area contributed by atoms with Crippen molar-refractivity contribution in [3.63, 3.8) is 0 Å². The van der Waals surface area contributed by atoms with Crippen LogP contribution in [0.5, 0.6) is 0 Å². The van der Waals surface area contributed by atoms with Gasteiger partial charge in [-0.15, -0.1) is 0 Å².